The van der Waals surface area contributed by atoms with Crippen LogP contribution in [0.25, 0.3) is 0 Å². The second kappa shape index (κ2) is 26.0. The molecule has 3 aromatic rings. The molecule has 2 unspecified atom stereocenters. The number of sulfonamides is 2. The van der Waals surface area contributed by atoms with Crippen molar-refractivity contribution in [3.05, 3.63) is 83.4 Å². The molecule has 0 bridgehead atoms. The van der Waals surface area contributed by atoms with E-state index in [0.717, 1.165) is 44.2 Å². The molecule has 0 saturated heterocycles. The van der Waals surface area contributed by atoms with Gasteiger partial charge in [0.2, 0.25) is 23.5 Å². The highest BCUT2D eigenvalue weighted by Crippen LogP contribution is 2.28. The number of hydrogen-bond donors (Lipinski definition) is 7. The van der Waals surface area contributed by atoms with Crippen molar-refractivity contribution in [2.75, 3.05) is 6.54 Å². The zero-order chi connectivity index (χ0) is 51.8. The van der Waals surface area contributed by atoms with E-state index in [0.29, 0.717) is 12.5 Å². The molecule has 21 nitrogen and oxygen atoms in total. The molecule has 1 fully saturated rings. The van der Waals surface area contributed by atoms with E-state index >= 15 is 0 Å². The standard InChI is InChI=1S/C46H60ClN9O12S2/c1-6-28(5)39(54-43(61)35(20-27(3)4)52-44(62)37-25-48-18-19-49-37)45(63)53-36(21-29-14-10-8-11-15-29)42(60)51-34(7-2)40(58)46(64)50-26-38(57)55-69(65,66)32-22-31(47)23-33(24-32)70(67,68)56-41(59)30-16-12-9-13-17-30/h9,12-13,16-19,22-25,27-29,34-36,39H,6-8,10-11,14-15,20-21,26H2,1-5H3,(H,50,64)(H,51,60)(H,52,62)(H,53,63)(H,54,61)(H,55,57)(H,56,59)/t28?,34-,35-,36-,39?/m0/s1. The van der Waals surface area contributed by atoms with E-state index in [2.05, 4.69) is 31.2 Å². The summed E-state index contributed by atoms with van der Waals surface area (Å²) in [5, 5.41) is 12.4. The fraction of sp³-hybridized carbons (Fsp3) is 0.478. The molecule has 4 rings (SSSR count). The van der Waals surface area contributed by atoms with Crippen LogP contribution in [0.5, 0.6) is 0 Å². The summed E-state index contributed by atoms with van der Waals surface area (Å²) in [6.07, 6.45) is 9.05. The molecular formula is C46H60ClN9O12S2. The predicted molar refractivity (Wildman–Crippen MR) is 255 cm³/mol. The third kappa shape index (κ3) is 16.7. The number of amides is 7. The molecule has 7 amide bonds. The first-order valence-electron chi connectivity index (χ1n) is 22.8. The average Bonchev–Trinajstić information content (AvgIpc) is 3.33. The van der Waals surface area contributed by atoms with E-state index in [1.807, 2.05) is 30.8 Å². The molecule has 0 spiro atoms. The van der Waals surface area contributed by atoms with Crippen LogP contribution in [0.4, 0.5) is 0 Å². The largest absolute Gasteiger partial charge is 0.344 e. The normalized spacial score (nSPS) is 15.2. The lowest BCUT2D eigenvalue weighted by atomic mass is 9.84. The lowest BCUT2D eigenvalue weighted by Crippen LogP contribution is -2.60. The van der Waals surface area contributed by atoms with Gasteiger partial charge < -0.3 is 26.6 Å². The topological polar surface area (TPSA) is 315 Å². The molecule has 0 radical (unpaired) electrons. The van der Waals surface area contributed by atoms with Crippen molar-refractivity contribution in [3.8, 4) is 0 Å². The van der Waals surface area contributed by atoms with Crippen molar-refractivity contribution in [1.82, 2.24) is 46.0 Å². The summed E-state index contributed by atoms with van der Waals surface area (Å²) in [5.74, 6) is -8.14. The number of nitrogens with zero attached hydrogens (tertiary/aromatic N) is 2. The molecule has 1 aromatic heterocycles. The van der Waals surface area contributed by atoms with E-state index in [1.54, 1.807) is 17.7 Å². The molecule has 1 aliphatic carbocycles. The number of halogens is 1. The Bertz CT molecular complexity index is 2600. The van der Waals surface area contributed by atoms with Gasteiger partial charge in [-0.15, -0.1) is 0 Å². The highest BCUT2D eigenvalue weighted by molar-refractivity contribution is 7.91. The smallest absolute Gasteiger partial charge is 0.290 e. The van der Waals surface area contributed by atoms with E-state index in [-0.39, 0.29) is 47.4 Å². The van der Waals surface area contributed by atoms with Crippen LogP contribution in [0.3, 0.4) is 0 Å². The van der Waals surface area contributed by atoms with Gasteiger partial charge in [-0.25, -0.2) is 31.3 Å². The Balaban J connectivity index is 1.43. The molecule has 7 N–H and O–H groups in total. The van der Waals surface area contributed by atoms with Crippen LogP contribution in [0.1, 0.15) is 113 Å². The molecule has 0 aliphatic heterocycles. The summed E-state index contributed by atoms with van der Waals surface area (Å²) in [7, 11) is -9.54. The van der Waals surface area contributed by atoms with Gasteiger partial charge in [-0.1, -0.05) is 103 Å². The van der Waals surface area contributed by atoms with Crippen molar-refractivity contribution in [1.29, 1.82) is 0 Å². The third-order valence-electron chi connectivity index (χ3n) is 11.5. The number of Topliss-reactive ketones (excluding diaryl/α,β-unsaturated/α-hetero) is 1. The zero-order valence-electron chi connectivity index (χ0n) is 39.5. The second-order valence-electron chi connectivity index (χ2n) is 17.4. The van der Waals surface area contributed by atoms with Crippen LogP contribution in [0.15, 0.2) is 76.9 Å². The first-order chi connectivity index (χ1) is 33.0. The van der Waals surface area contributed by atoms with Crippen molar-refractivity contribution in [3.63, 3.8) is 0 Å². The van der Waals surface area contributed by atoms with Gasteiger partial charge in [0.05, 0.1) is 28.6 Å². The van der Waals surface area contributed by atoms with Gasteiger partial charge in [-0.05, 0) is 67.3 Å². The van der Waals surface area contributed by atoms with Crippen LogP contribution >= 0.6 is 11.6 Å². The van der Waals surface area contributed by atoms with Crippen LogP contribution in [0.2, 0.25) is 5.02 Å². The maximum atomic E-state index is 14.2. The van der Waals surface area contributed by atoms with Crippen LogP contribution < -0.4 is 36.0 Å². The molecular weight excluding hydrogens is 970 g/mol. The first-order valence-corrected chi connectivity index (χ1v) is 26.2. The van der Waals surface area contributed by atoms with Crippen molar-refractivity contribution in [2.45, 2.75) is 126 Å². The van der Waals surface area contributed by atoms with Crippen LogP contribution in [-0.2, 0) is 48.8 Å². The van der Waals surface area contributed by atoms with Gasteiger partial charge in [-0.3, -0.25) is 43.3 Å². The van der Waals surface area contributed by atoms with Crippen LogP contribution in [-0.4, -0.2) is 105 Å². The molecule has 1 saturated carbocycles. The Labute approximate surface area is 412 Å². The van der Waals surface area contributed by atoms with Crippen molar-refractivity contribution in [2.24, 2.45) is 17.8 Å². The number of carbonyl (C=O) groups is 8. The van der Waals surface area contributed by atoms with Gasteiger partial charge in [0.1, 0.15) is 23.8 Å². The predicted octanol–water partition coefficient (Wildman–Crippen LogP) is 2.46. The summed E-state index contributed by atoms with van der Waals surface area (Å²) in [4.78, 5) is 113. The fourth-order valence-corrected chi connectivity index (χ4v) is 10.0. The maximum absolute atomic E-state index is 14.2. The highest BCUT2D eigenvalue weighted by Gasteiger charge is 2.36. The van der Waals surface area contributed by atoms with Crippen molar-refractivity contribution < 1.29 is 55.2 Å². The Hall–Kier alpha value is -6.33. The number of benzene rings is 2. The third-order valence-corrected chi connectivity index (χ3v) is 14.4. The molecule has 2 aromatic carbocycles. The monoisotopic (exact) mass is 1030 g/mol. The Morgan fingerprint density at radius 3 is 1.90 bits per heavy atom. The Kier molecular flexibility index (Phi) is 20.9. The summed E-state index contributed by atoms with van der Waals surface area (Å²) >= 11 is 6.04. The van der Waals surface area contributed by atoms with Gasteiger partial charge in [-0.2, -0.15) is 0 Å². The number of nitrogens with one attached hydrogen (secondary N) is 7. The number of hydrogen-bond acceptors (Lipinski definition) is 14. The molecule has 380 valence electrons. The summed E-state index contributed by atoms with van der Waals surface area (Å²) in [6, 6.07) is 4.79. The Morgan fingerprint density at radius 1 is 0.700 bits per heavy atom. The highest BCUT2D eigenvalue weighted by atomic mass is 35.5. The molecule has 1 heterocycles. The van der Waals surface area contributed by atoms with Crippen molar-refractivity contribution >= 4 is 78.8 Å². The number of ketones is 1. The number of rotatable bonds is 24. The quantitative estimate of drug-likeness (QED) is 0.0635. The maximum Gasteiger partial charge on any atom is 0.290 e. The number of carbonyl (C=O) groups excluding carboxylic acids is 8. The number of aromatic nitrogens is 2. The SMILES string of the molecule is CCC(C)C(NC(=O)[C@H](CC(C)C)NC(=O)c1cnccn1)C(=O)N[C@@H](CC1CCCCC1)C(=O)N[C@@H](CC)C(=O)C(=O)NCC(=O)NS(=O)(=O)c1cc(Cl)cc(S(=O)(=O)NC(=O)c2ccccc2)c1. The van der Waals surface area contributed by atoms with E-state index in [4.69, 9.17) is 11.6 Å². The lowest BCUT2D eigenvalue weighted by molar-refractivity contribution is -0.141. The molecule has 24 heteroatoms. The summed E-state index contributed by atoms with van der Waals surface area (Å²) in [5.41, 5.74) is -0.0118. The van der Waals surface area contributed by atoms with Gasteiger partial charge in [0, 0.05) is 23.0 Å². The minimum absolute atomic E-state index is 0.00365. The Morgan fingerprint density at radius 2 is 1.31 bits per heavy atom. The minimum atomic E-state index is -4.86. The van der Waals surface area contributed by atoms with E-state index in [9.17, 15) is 55.2 Å². The molecule has 5 atom stereocenters. The first kappa shape index (κ1) is 56.3. The summed E-state index contributed by atoms with van der Waals surface area (Å²) in [6.45, 7) is 7.73. The van der Waals surface area contributed by atoms with Gasteiger partial charge in [0.15, 0.2) is 0 Å². The van der Waals surface area contributed by atoms with Crippen LogP contribution in [0, 0.1) is 17.8 Å². The molecule has 1 aliphatic rings. The van der Waals surface area contributed by atoms with Gasteiger partial charge in [0.25, 0.3) is 43.7 Å². The van der Waals surface area contributed by atoms with E-state index in [1.165, 1.54) is 49.8 Å². The average molecular weight is 1030 g/mol. The molecule has 70 heavy (non-hydrogen) atoms. The lowest BCUT2D eigenvalue weighted by Gasteiger charge is -2.31. The summed E-state index contributed by atoms with van der Waals surface area (Å²) < 4.78 is 55.9. The fourth-order valence-electron chi connectivity index (χ4n) is 7.51. The van der Waals surface area contributed by atoms with Gasteiger partial charge >= 0.3 is 0 Å². The zero-order valence-corrected chi connectivity index (χ0v) is 41.8. The second-order valence-corrected chi connectivity index (χ2v) is 21.2. The minimum Gasteiger partial charge on any atom is -0.344 e. The van der Waals surface area contributed by atoms with E-state index < -0.39 is 114 Å².